The number of hydrogen-bond acceptors (Lipinski definition) is 4. The largest absolute Gasteiger partial charge is 0.393 e. The van der Waals surface area contributed by atoms with Gasteiger partial charge in [0.25, 0.3) is 0 Å². The number of aliphatic hydroxyl groups is 2. The minimum atomic E-state index is -1.11. The first-order valence-electron chi connectivity index (χ1n) is 19.8. The number of benzene rings is 2. The van der Waals surface area contributed by atoms with Crippen molar-refractivity contribution < 1.29 is 19.8 Å². The zero-order chi connectivity index (χ0) is 35.1. The van der Waals surface area contributed by atoms with Crippen molar-refractivity contribution >= 4 is 22.6 Å². The molecule has 8 atom stereocenters. The van der Waals surface area contributed by atoms with Crippen molar-refractivity contribution in [3.63, 3.8) is 0 Å². The standard InChI is InChI=1S/C44H58N2O4/c1-29(2)45-39(49)46(27-32-15-10-14-30-11-8-9-16-34(30)32)28-43(50)22-19-37-41(43,4)21-18-36-40(3)20-17-33(47)25-42(40)23-24-44(36,37)35(26-42)38(48)31-12-6-5-7-13-31/h8-11,14-16,23-24,26,29,31,33,36-37,47,50H,5-7,12-13,17-22,25,27-28H2,1-4H3,(H,45,49)/t33?,36-,37-,40-,41+,42+,43-,44-/m1/s1. The summed E-state index contributed by atoms with van der Waals surface area (Å²) in [4.78, 5) is 30.8. The first-order valence-corrected chi connectivity index (χ1v) is 19.8. The number of rotatable bonds is 7. The fraction of sp³-hybridized carbons (Fsp3) is 0.636. The van der Waals surface area contributed by atoms with Gasteiger partial charge in [-0.1, -0.05) is 93.8 Å². The van der Waals surface area contributed by atoms with Crippen molar-refractivity contribution in [1.82, 2.24) is 10.2 Å². The Labute approximate surface area is 298 Å². The Hall–Kier alpha value is -2.96. The number of carbonyl (C=O) groups excluding carboxylic acids is 2. The molecule has 2 spiro atoms. The van der Waals surface area contributed by atoms with E-state index in [4.69, 9.17) is 0 Å². The molecule has 7 aliphatic carbocycles. The van der Waals surface area contributed by atoms with E-state index in [1.807, 2.05) is 30.9 Å². The van der Waals surface area contributed by atoms with Gasteiger partial charge in [0.15, 0.2) is 5.78 Å². The molecule has 1 unspecified atom stereocenters. The number of fused-ring (bicyclic) bond motifs is 2. The Morgan fingerprint density at radius 3 is 2.36 bits per heavy atom. The summed E-state index contributed by atoms with van der Waals surface area (Å²) in [6.07, 6.45) is 17.9. The van der Waals surface area contributed by atoms with Gasteiger partial charge in [0.1, 0.15) is 0 Å². The Kier molecular flexibility index (Phi) is 8.23. The molecule has 0 heterocycles. The molecule has 50 heavy (non-hydrogen) atoms. The summed E-state index contributed by atoms with van der Waals surface area (Å²) in [7, 11) is 0. The molecule has 9 rings (SSSR count). The van der Waals surface area contributed by atoms with Crippen LogP contribution in [0.15, 0.2) is 66.3 Å². The molecule has 0 aromatic heterocycles. The lowest BCUT2D eigenvalue weighted by Crippen LogP contribution is -2.67. The molecular weight excluding hydrogens is 620 g/mol. The van der Waals surface area contributed by atoms with Gasteiger partial charge in [-0.05, 0) is 105 Å². The average Bonchev–Trinajstić information content (AvgIpc) is 3.37. The number of urea groups is 1. The molecule has 3 N–H and O–H groups in total. The normalized spacial score (nSPS) is 39.1. The molecule has 0 radical (unpaired) electrons. The first-order chi connectivity index (χ1) is 23.9. The van der Waals surface area contributed by atoms with E-state index >= 15 is 0 Å². The van der Waals surface area contributed by atoms with Crippen molar-refractivity contribution in [2.45, 2.75) is 129 Å². The van der Waals surface area contributed by atoms with Gasteiger partial charge in [0.2, 0.25) is 0 Å². The van der Waals surface area contributed by atoms with E-state index in [1.54, 1.807) is 0 Å². The maximum absolute atomic E-state index is 14.9. The lowest BCUT2D eigenvalue weighted by Gasteiger charge is -2.71. The molecule has 6 nitrogen and oxygen atoms in total. The smallest absolute Gasteiger partial charge is 0.317 e. The van der Waals surface area contributed by atoms with E-state index in [0.29, 0.717) is 25.2 Å². The Morgan fingerprint density at radius 2 is 1.58 bits per heavy atom. The predicted octanol–water partition coefficient (Wildman–Crippen LogP) is 8.50. The fourth-order valence-corrected chi connectivity index (χ4v) is 12.7. The topological polar surface area (TPSA) is 89.9 Å². The number of ketones is 1. The third-order valence-corrected chi connectivity index (χ3v) is 15.3. The SMILES string of the molecule is CC(C)NC(=O)N(Cc1cccc2ccccc12)C[C@]1(O)CC[C@H]2[C@]34C=C[C@@]5(C=C3C(=O)C3CCCCC3)CC(O)CC[C@]5(C)[C@H]4CC[C@@]21C. The van der Waals surface area contributed by atoms with Crippen LogP contribution in [-0.2, 0) is 11.3 Å². The molecule has 7 aliphatic rings. The van der Waals surface area contributed by atoms with Crippen molar-refractivity contribution in [1.29, 1.82) is 0 Å². The average molecular weight is 679 g/mol. The molecule has 268 valence electrons. The molecular formula is C44H58N2O4. The van der Waals surface area contributed by atoms with E-state index in [9.17, 15) is 19.8 Å². The monoisotopic (exact) mass is 678 g/mol. The fourth-order valence-electron chi connectivity index (χ4n) is 12.7. The third kappa shape index (κ3) is 4.86. The number of nitrogens with zero attached hydrogens (tertiary/aromatic N) is 1. The zero-order valence-corrected chi connectivity index (χ0v) is 30.7. The lowest BCUT2D eigenvalue weighted by molar-refractivity contribution is -0.178. The van der Waals surface area contributed by atoms with Crippen molar-refractivity contribution in [2.24, 2.45) is 39.4 Å². The van der Waals surface area contributed by atoms with E-state index < -0.39 is 16.4 Å². The number of carbonyl (C=O) groups is 2. The van der Waals surface area contributed by atoms with Gasteiger partial charge in [-0.3, -0.25) is 4.79 Å². The van der Waals surface area contributed by atoms with Gasteiger partial charge in [-0.15, -0.1) is 0 Å². The van der Waals surface area contributed by atoms with Gasteiger partial charge in [-0.2, -0.15) is 0 Å². The summed E-state index contributed by atoms with van der Waals surface area (Å²) >= 11 is 0. The second-order valence-corrected chi connectivity index (χ2v) is 18.1. The minimum Gasteiger partial charge on any atom is -0.393 e. The van der Waals surface area contributed by atoms with E-state index in [2.05, 4.69) is 67.7 Å². The highest BCUT2D eigenvalue weighted by Gasteiger charge is 2.74. The number of hydrogen-bond donors (Lipinski definition) is 3. The lowest BCUT2D eigenvalue weighted by atomic mass is 9.32. The van der Waals surface area contributed by atoms with Crippen LogP contribution in [0.25, 0.3) is 10.8 Å². The summed E-state index contributed by atoms with van der Waals surface area (Å²) in [6, 6.07) is 14.4. The maximum atomic E-state index is 14.9. The number of nitrogens with one attached hydrogen (secondary N) is 1. The highest BCUT2D eigenvalue weighted by atomic mass is 16.3. The maximum Gasteiger partial charge on any atom is 0.317 e. The van der Waals surface area contributed by atoms with E-state index in [0.717, 1.165) is 79.7 Å². The summed E-state index contributed by atoms with van der Waals surface area (Å²) in [5.74, 6) is 0.785. The van der Waals surface area contributed by atoms with Crippen LogP contribution in [0.5, 0.6) is 0 Å². The molecule has 0 saturated heterocycles. The highest BCUT2D eigenvalue weighted by Crippen LogP contribution is 2.78. The van der Waals surface area contributed by atoms with Gasteiger partial charge in [-0.25, -0.2) is 4.79 Å². The van der Waals surface area contributed by atoms with Crippen LogP contribution in [-0.4, -0.2) is 51.2 Å². The van der Waals surface area contributed by atoms with Gasteiger partial charge < -0.3 is 20.4 Å². The van der Waals surface area contributed by atoms with Gasteiger partial charge in [0, 0.05) is 40.3 Å². The minimum absolute atomic E-state index is 0.0310. The summed E-state index contributed by atoms with van der Waals surface area (Å²) in [6.45, 7) is 9.35. The van der Waals surface area contributed by atoms with Crippen LogP contribution < -0.4 is 5.32 Å². The summed E-state index contributed by atoms with van der Waals surface area (Å²) < 4.78 is 0. The van der Waals surface area contributed by atoms with Crippen LogP contribution in [0.3, 0.4) is 0 Å². The van der Waals surface area contributed by atoms with E-state index in [-0.39, 0.29) is 53.3 Å². The number of allylic oxidation sites excluding steroid dienone is 4. The molecule has 0 aliphatic heterocycles. The summed E-state index contributed by atoms with van der Waals surface area (Å²) in [5.41, 5.74) is -0.308. The van der Waals surface area contributed by atoms with Crippen molar-refractivity contribution in [3.05, 3.63) is 71.8 Å². The summed E-state index contributed by atoms with van der Waals surface area (Å²) in [5, 5.41) is 29.6. The van der Waals surface area contributed by atoms with Gasteiger partial charge in [0.05, 0.1) is 18.2 Å². The van der Waals surface area contributed by atoms with Crippen molar-refractivity contribution in [2.75, 3.05) is 6.54 Å². The van der Waals surface area contributed by atoms with Crippen molar-refractivity contribution in [3.8, 4) is 0 Å². The molecule has 2 aromatic carbocycles. The Bertz CT molecular complexity index is 1740. The second kappa shape index (κ2) is 12.0. The third-order valence-electron chi connectivity index (χ3n) is 15.3. The highest BCUT2D eigenvalue weighted by molar-refractivity contribution is 6.00. The molecule has 2 bridgehead atoms. The molecule has 2 aromatic rings. The van der Waals surface area contributed by atoms with E-state index in [1.165, 1.54) is 6.42 Å². The molecule has 2 amide bonds. The number of aliphatic hydroxyl groups excluding tert-OH is 1. The zero-order valence-electron chi connectivity index (χ0n) is 30.7. The quantitative estimate of drug-likeness (QED) is 0.256. The Balaban J connectivity index is 1.19. The second-order valence-electron chi connectivity index (χ2n) is 18.1. The molecule has 6 heteroatoms. The van der Waals surface area contributed by atoms with Crippen LogP contribution in [0.2, 0.25) is 0 Å². The van der Waals surface area contributed by atoms with Crippen LogP contribution in [0.4, 0.5) is 4.79 Å². The van der Waals surface area contributed by atoms with Crippen LogP contribution in [0, 0.1) is 39.4 Å². The number of amides is 2. The predicted molar refractivity (Wildman–Crippen MR) is 198 cm³/mol. The number of Topliss-reactive ketones (excluding diaryl/α,β-unsaturated/α-hetero) is 1. The Morgan fingerprint density at radius 1 is 0.880 bits per heavy atom. The van der Waals surface area contributed by atoms with Crippen LogP contribution in [0.1, 0.15) is 110 Å². The molecule has 4 saturated carbocycles. The van der Waals surface area contributed by atoms with Gasteiger partial charge >= 0.3 is 6.03 Å². The van der Waals surface area contributed by atoms with Crippen LogP contribution >= 0.6 is 0 Å². The first kappa shape index (κ1) is 34.1. The molecule has 4 fully saturated rings.